The van der Waals surface area contributed by atoms with Crippen LogP contribution in [0.25, 0.3) is 32.3 Å². The predicted octanol–water partition coefficient (Wildman–Crippen LogP) is 18.8. The fraction of sp³-hybridized carbons (Fsp3) is 0.300. The first-order valence-electron chi connectivity index (χ1n) is 23.2. The van der Waals surface area contributed by atoms with Gasteiger partial charge >= 0.3 is 0 Å². The van der Waals surface area contributed by atoms with Gasteiger partial charge in [-0.1, -0.05) is 168 Å². The summed E-state index contributed by atoms with van der Waals surface area (Å²) in [4.78, 5) is 4.99. The summed E-state index contributed by atoms with van der Waals surface area (Å²) in [5.41, 5.74) is 15.1. The zero-order chi connectivity index (χ0) is 44.0. The second-order valence-electron chi connectivity index (χ2n) is 19.5. The summed E-state index contributed by atoms with van der Waals surface area (Å²) >= 11 is 0. The molecule has 2 nitrogen and oxygen atoms in total. The number of benzene rings is 8. The molecule has 0 heterocycles. The number of hydrogen-bond acceptors (Lipinski definition) is 2. The lowest BCUT2D eigenvalue weighted by Gasteiger charge is -2.30. The third kappa shape index (κ3) is 8.25. The highest BCUT2D eigenvalue weighted by atomic mass is 15.2. The molecule has 0 aromatic heterocycles. The lowest BCUT2D eigenvalue weighted by atomic mass is 9.89. The summed E-state index contributed by atoms with van der Waals surface area (Å²) < 4.78 is 0. The Bertz CT molecular complexity index is 2520. The summed E-state index contributed by atoms with van der Waals surface area (Å²) in [5, 5.41) is 7.55. The van der Waals surface area contributed by atoms with Crippen LogP contribution in [-0.4, -0.2) is 0 Å². The maximum atomic E-state index is 2.50. The minimum absolute atomic E-state index is 0.379. The van der Waals surface area contributed by atoms with E-state index in [0.717, 1.165) is 22.7 Å². The van der Waals surface area contributed by atoms with E-state index in [1.807, 2.05) is 0 Å². The molecule has 0 radical (unpaired) electrons. The average molecular weight is 815 g/mol. The quantitative estimate of drug-likeness (QED) is 0.113. The zero-order valence-electron chi connectivity index (χ0n) is 39.2. The lowest BCUT2D eigenvalue weighted by Crippen LogP contribution is -2.12. The molecule has 62 heavy (non-hydrogen) atoms. The van der Waals surface area contributed by atoms with Gasteiger partial charge in [0.1, 0.15) is 0 Å². The molecule has 0 aliphatic rings. The Morgan fingerprint density at radius 1 is 0.226 bits per heavy atom. The molecule has 8 aromatic carbocycles. The van der Waals surface area contributed by atoms with Crippen molar-refractivity contribution in [2.24, 2.45) is 0 Å². The molecule has 0 bridgehead atoms. The molecule has 0 N–H and O–H groups in total. The van der Waals surface area contributed by atoms with Crippen LogP contribution in [0.4, 0.5) is 34.1 Å². The van der Waals surface area contributed by atoms with Crippen molar-refractivity contribution < 1.29 is 0 Å². The Hall–Kier alpha value is -5.86. The number of anilines is 6. The first-order valence-corrected chi connectivity index (χ1v) is 23.2. The SMILES string of the molecule is CC(C)c1ccc(N(c2ccc(C(C)C)cc2)c2cc3c4cc(C(C)C)ccc4c(N(c4ccc(C(C)C)cc4)c4ccc(C(C)C)cc4)cc3c3cc(C(C)C)ccc23)cc1. The smallest absolute Gasteiger partial charge is 0.0546 e. The van der Waals surface area contributed by atoms with Crippen molar-refractivity contribution in [3.05, 3.63) is 179 Å². The molecule has 8 aromatic rings. The van der Waals surface area contributed by atoms with E-state index >= 15 is 0 Å². The van der Waals surface area contributed by atoms with Gasteiger partial charge in [0.2, 0.25) is 0 Å². The van der Waals surface area contributed by atoms with Crippen molar-refractivity contribution in [1.82, 2.24) is 0 Å². The van der Waals surface area contributed by atoms with Gasteiger partial charge in [-0.25, -0.2) is 0 Å². The first kappa shape index (κ1) is 42.8. The molecule has 316 valence electrons. The van der Waals surface area contributed by atoms with Gasteiger partial charge in [0.15, 0.2) is 0 Å². The fourth-order valence-corrected chi connectivity index (χ4v) is 9.02. The summed E-state index contributed by atoms with van der Waals surface area (Å²) in [6.45, 7) is 27.4. The van der Waals surface area contributed by atoms with Crippen molar-refractivity contribution in [2.45, 2.75) is 119 Å². The van der Waals surface area contributed by atoms with Crippen LogP contribution in [0.2, 0.25) is 0 Å². The number of nitrogens with zero attached hydrogens (tertiary/aromatic N) is 2. The minimum Gasteiger partial charge on any atom is -0.310 e. The van der Waals surface area contributed by atoms with Crippen LogP contribution in [0.15, 0.2) is 146 Å². The highest BCUT2D eigenvalue weighted by molar-refractivity contribution is 6.24. The fourth-order valence-electron chi connectivity index (χ4n) is 9.02. The standard InChI is InChI=1S/C60H66N2/c1-37(2)43-13-23-49(24-14-43)61(50-25-15-44(16-26-50)38(3)4)59-35-57-56-34-48(42(11)12)22-32-54(56)60(36-58(57)55-33-47(41(9)10)21-31-53(55)59)62(51-27-17-45(18-28-51)39(5)6)52-29-19-46(20-30-52)40(7)8/h13-42H,1-12H3. The Morgan fingerprint density at radius 3 is 0.661 bits per heavy atom. The molecule has 0 amide bonds. The average Bonchev–Trinajstić information content (AvgIpc) is 3.27. The molecule has 0 fully saturated rings. The van der Waals surface area contributed by atoms with Crippen molar-refractivity contribution in [2.75, 3.05) is 9.80 Å². The van der Waals surface area contributed by atoms with Crippen LogP contribution in [0, 0.1) is 0 Å². The van der Waals surface area contributed by atoms with E-state index in [4.69, 9.17) is 0 Å². The van der Waals surface area contributed by atoms with Gasteiger partial charge in [0.05, 0.1) is 11.4 Å². The highest BCUT2D eigenvalue weighted by Crippen LogP contribution is 2.49. The second kappa shape index (κ2) is 17.5. The molecule has 8 rings (SSSR count). The Labute approximate surface area is 372 Å². The van der Waals surface area contributed by atoms with Crippen LogP contribution in [0.1, 0.15) is 152 Å². The van der Waals surface area contributed by atoms with E-state index in [9.17, 15) is 0 Å². The van der Waals surface area contributed by atoms with Crippen LogP contribution in [0.5, 0.6) is 0 Å². The number of fused-ring (bicyclic) bond motifs is 5. The topological polar surface area (TPSA) is 6.48 Å². The van der Waals surface area contributed by atoms with Gasteiger partial charge in [-0.05, 0) is 151 Å². The molecule has 0 spiro atoms. The van der Waals surface area contributed by atoms with E-state index in [-0.39, 0.29) is 0 Å². The lowest BCUT2D eigenvalue weighted by molar-refractivity contribution is 0.865. The number of rotatable bonds is 12. The van der Waals surface area contributed by atoms with Gasteiger partial charge in [-0.2, -0.15) is 0 Å². The van der Waals surface area contributed by atoms with E-state index in [2.05, 4.69) is 238 Å². The van der Waals surface area contributed by atoms with E-state index in [1.165, 1.54) is 77.1 Å². The van der Waals surface area contributed by atoms with E-state index < -0.39 is 0 Å². The normalized spacial score (nSPS) is 12.1. The van der Waals surface area contributed by atoms with Gasteiger partial charge < -0.3 is 9.80 Å². The zero-order valence-corrected chi connectivity index (χ0v) is 39.2. The van der Waals surface area contributed by atoms with Gasteiger partial charge in [-0.3, -0.25) is 0 Å². The highest BCUT2D eigenvalue weighted by Gasteiger charge is 2.24. The molecule has 0 atom stereocenters. The van der Waals surface area contributed by atoms with Crippen molar-refractivity contribution in [1.29, 1.82) is 0 Å². The summed E-state index contributed by atoms with van der Waals surface area (Å²) in [6.07, 6.45) is 0. The van der Waals surface area contributed by atoms with Crippen molar-refractivity contribution >= 4 is 66.4 Å². The summed E-state index contributed by atoms with van der Waals surface area (Å²) in [6, 6.07) is 56.4. The number of hydrogen-bond donors (Lipinski definition) is 0. The molecule has 0 aliphatic heterocycles. The maximum Gasteiger partial charge on any atom is 0.0546 e. The molecular formula is C60H66N2. The van der Waals surface area contributed by atoms with Crippen molar-refractivity contribution in [3.63, 3.8) is 0 Å². The van der Waals surface area contributed by atoms with Crippen LogP contribution < -0.4 is 9.80 Å². The molecule has 0 aliphatic carbocycles. The molecule has 0 saturated heterocycles. The largest absolute Gasteiger partial charge is 0.310 e. The van der Waals surface area contributed by atoms with Crippen molar-refractivity contribution in [3.8, 4) is 0 Å². The predicted molar refractivity (Wildman–Crippen MR) is 273 cm³/mol. The van der Waals surface area contributed by atoms with E-state index in [1.54, 1.807) is 0 Å². The summed E-state index contributed by atoms with van der Waals surface area (Å²) in [5.74, 6) is 2.57. The summed E-state index contributed by atoms with van der Waals surface area (Å²) in [7, 11) is 0. The van der Waals surface area contributed by atoms with Crippen LogP contribution in [-0.2, 0) is 0 Å². The first-order chi connectivity index (χ1) is 29.7. The van der Waals surface area contributed by atoms with E-state index in [0.29, 0.717) is 35.5 Å². The monoisotopic (exact) mass is 815 g/mol. The molecular weight excluding hydrogens is 749 g/mol. The molecule has 0 saturated carbocycles. The second-order valence-corrected chi connectivity index (χ2v) is 19.5. The van der Waals surface area contributed by atoms with Gasteiger partial charge in [0, 0.05) is 33.5 Å². The molecule has 2 heteroatoms. The third-order valence-corrected chi connectivity index (χ3v) is 13.2. The van der Waals surface area contributed by atoms with Crippen LogP contribution in [0.3, 0.4) is 0 Å². The minimum atomic E-state index is 0.379. The van der Waals surface area contributed by atoms with Gasteiger partial charge in [0.25, 0.3) is 0 Å². The Morgan fingerprint density at radius 2 is 0.435 bits per heavy atom. The van der Waals surface area contributed by atoms with Gasteiger partial charge in [-0.15, -0.1) is 0 Å². The third-order valence-electron chi connectivity index (χ3n) is 13.2. The maximum absolute atomic E-state index is 2.50. The Kier molecular flexibility index (Phi) is 12.1. The Balaban J connectivity index is 1.50. The molecule has 0 unspecified atom stereocenters. The van der Waals surface area contributed by atoms with Crippen LogP contribution >= 0.6 is 0 Å².